The van der Waals surface area contributed by atoms with Crippen molar-refractivity contribution in [3.05, 3.63) is 158 Å². The van der Waals surface area contributed by atoms with Crippen molar-refractivity contribution in [1.82, 2.24) is 43.9 Å². The van der Waals surface area contributed by atoms with E-state index in [1.165, 1.54) is 41.0 Å². The fraction of sp³-hybridized carbons (Fsp3) is 0.295. The van der Waals surface area contributed by atoms with Crippen LogP contribution in [-0.4, -0.2) is 130 Å². The van der Waals surface area contributed by atoms with Gasteiger partial charge in [-0.3, -0.25) is 28.7 Å². The molecule has 8 aromatic rings. The highest BCUT2D eigenvalue weighted by Crippen LogP contribution is 2.48. The third-order valence-corrected chi connectivity index (χ3v) is 15.9. The van der Waals surface area contributed by atoms with Crippen LogP contribution < -0.4 is 30.7 Å². The maximum Gasteiger partial charge on any atom is 0.354 e. The lowest BCUT2D eigenvalue weighted by Gasteiger charge is -2.40. The van der Waals surface area contributed by atoms with Crippen LogP contribution in [0.25, 0.3) is 55.6 Å². The Morgan fingerprint density at radius 2 is 1.21 bits per heavy atom. The average molecular weight is 1160 g/mol. The number of pyridine rings is 3. The molecule has 84 heavy (non-hydrogen) atoms. The van der Waals surface area contributed by atoms with Crippen molar-refractivity contribution in [1.29, 1.82) is 0 Å². The second-order valence-electron chi connectivity index (χ2n) is 21.5. The number of ether oxygens (including phenoxy) is 2. The van der Waals surface area contributed by atoms with Gasteiger partial charge in [0.25, 0.3) is 0 Å². The number of rotatable bonds is 8. The lowest BCUT2D eigenvalue weighted by atomic mass is 9.99. The van der Waals surface area contributed by atoms with Gasteiger partial charge < -0.3 is 39.3 Å². The van der Waals surface area contributed by atoms with Crippen LogP contribution in [0.15, 0.2) is 102 Å². The maximum absolute atomic E-state index is 16.9. The summed E-state index contributed by atoms with van der Waals surface area (Å²) in [4.78, 5) is 82.2. The first-order valence-electron chi connectivity index (χ1n) is 27.2. The minimum absolute atomic E-state index is 0.0189. The van der Waals surface area contributed by atoms with Crippen molar-refractivity contribution in [3.63, 3.8) is 0 Å². The number of aromatic nitrogens is 7. The monoisotopic (exact) mass is 1160 g/mol. The largest absolute Gasteiger partial charge is 0.507 e. The molecule has 0 bridgehead atoms. The zero-order valence-corrected chi connectivity index (χ0v) is 47.4. The highest BCUT2D eigenvalue weighted by molar-refractivity contribution is 6.33. The van der Waals surface area contributed by atoms with Gasteiger partial charge in [0.15, 0.2) is 17.4 Å². The van der Waals surface area contributed by atoms with Crippen LogP contribution >= 0.6 is 11.6 Å². The zero-order valence-electron chi connectivity index (χ0n) is 46.7. The third kappa shape index (κ3) is 9.46. The Morgan fingerprint density at radius 1 is 0.690 bits per heavy atom. The molecule has 23 heteroatoms. The molecule has 0 aliphatic carbocycles. The molecule has 19 nitrogen and oxygen atoms in total. The fourth-order valence-electron chi connectivity index (χ4n) is 11.6. The van der Waals surface area contributed by atoms with E-state index >= 15 is 13.2 Å². The molecule has 2 atom stereocenters. The number of halogens is 4. The van der Waals surface area contributed by atoms with Crippen molar-refractivity contribution < 1.29 is 42.4 Å². The van der Waals surface area contributed by atoms with Crippen molar-refractivity contribution in [2.75, 3.05) is 62.3 Å². The predicted molar refractivity (Wildman–Crippen MR) is 312 cm³/mol. The van der Waals surface area contributed by atoms with Crippen LogP contribution in [0.2, 0.25) is 5.02 Å². The molecule has 3 aromatic carbocycles. The third-order valence-electron chi connectivity index (χ3n) is 15.6. The van der Waals surface area contributed by atoms with E-state index in [1.54, 1.807) is 53.4 Å². The van der Waals surface area contributed by atoms with E-state index in [1.807, 2.05) is 44.4 Å². The van der Waals surface area contributed by atoms with E-state index in [0.717, 1.165) is 16.2 Å². The summed E-state index contributed by atoms with van der Waals surface area (Å²) in [7, 11) is 0. The van der Waals surface area contributed by atoms with E-state index in [0.29, 0.717) is 65.4 Å². The van der Waals surface area contributed by atoms with Gasteiger partial charge in [0, 0.05) is 62.8 Å². The molecule has 2 N–H and O–H groups in total. The smallest absolute Gasteiger partial charge is 0.354 e. The molecule has 12 rings (SSSR count). The van der Waals surface area contributed by atoms with E-state index in [4.69, 9.17) is 21.1 Å². The number of phenols is 2. The van der Waals surface area contributed by atoms with Crippen LogP contribution in [0.3, 0.4) is 0 Å². The second kappa shape index (κ2) is 22.1. The molecular weight excluding hydrogens is 1110 g/mol. The number of nitrogens with zero attached hydrogens (tertiary/aromatic N) is 11. The molecule has 0 radical (unpaired) electrons. The predicted octanol–water partition coefficient (Wildman–Crippen LogP) is 8.83. The number of phenolic OH excluding ortho intramolecular Hbond substituents is 2. The first kappa shape index (κ1) is 56.5. The summed E-state index contributed by atoms with van der Waals surface area (Å²) in [5.41, 5.74) is 1.34. The number of hydrogen-bond donors (Lipinski definition) is 2. The van der Waals surface area contributed by atoms with Gasteiger partial charge in [-0.1, -0.05) is 64.6 Å². The number of piperazine rings is 2. The SMILES string of the molecule is C=CC(=O)N1CCN2c3nc(=O)n(-c4c(C)ccnc4C(C)C)c4c(F)c(-c5c(O)cccc5F)nc(c34)OCC2C1.C=CC(=O)N1CCN2c3nc(=O)n(-c4c(C)ccnc4C(C)C)c4cc(-c5c(O)cccc5Cl)c(F)c(c34)OCC2C1. The van der Waals surface area contributed by atoms with Crippen LogP contribution in [0, 0.1) is 31.3 Å². The molecule has 0 saturated carbocycles. The average Bonchev–Trinajstić information content (AvgIpc) is 1.35. The fourth-order valence-corrected chi connectivity index (χ4v) is 11.9. The van der Waals surface area contributed by atoms with E-state index < -0.39 is 57.9 Å². The van der Waals surface area contributed by atoms with Crippen molar-refractivity contribution in [3.8, 4) is 56.9 Å². The Balaban J connectivity index is 0.000000175. The lowest BCUT2D eigenvalue weighted by Crippen LogP contribution is -2.56. The topological polar surface area (TPSA) is 214 Å². The number of fused-ring (bicyclic) bond motifs is 4. The molecule has 2 fully saturated rings. The quantitative estimate of drug-likeness (QED) is 0.136. The number of carbonyl (C=O) groups is 2. The lowest BCUT2D eigenvalue weighted by molar-refractivity contribution is -0.127. The van der Waals surface area contributed by atoms with Crippen LogP contribution in [-0.2, 0) is 9.59 Å². The minimum atomic E-state index is -1.03. The Morgan fingerprint density at radius 3 is 1.76 bits per heavy atom. The first-order chi connectivity index (χ1) is 40.2. The summed E-state index contributed by atoms with van der Waals surface area (Å²) >= 11 is 6.49. The summed E-state index contributed by atoms with van der Waals surface area (Å²) < 4.78 is 63.5. The zero-order chi connectivity index (χ0) is 59.7. The van der Waals surface area contributed by atoms with Crippen molar-refractivity contribution in [2.45, 2.75) is 65.5 Å². The normalized spacial score (nSPS) is 16.3. The summed E-state index contributed by atoms with van der Waals surface area (Å²) in [5, 5.41) is 21.9. The molecule has 2 amide bonds. The number of carbonyl (C=O) groups excluding carboxylic acids is 2. The first-order valence-corrected chi connectivity index (χ1v) is 27.6. The molecule has 4 aliphatic heterocycles. The van der Waals surface area contributed by atoms with E-state index in [9.17, 15) is 29.4 Å². The van der Waals surface area contributed by atoms with Gasteiger partial charge in [0.05, 0.1) is 56.3 Å². The van der Waals surface area contributed by atoms with Gasteiger partial charge in [0.2, 0.25) is 17.7 Å². The van der Waals surface area contributed by atoms with Crippen molar-refractivity contribution in [2.24, 2.45) is 0 Å². The Kier molecular flexibility index (Phi) is 14.9. The van der Waals surface area contributed by atoms with Gasteiger partial charge in [0.1, 0.15) is 58.8 Å². The number of hydrogen-bond acceptors (Lipinski definition) is 15. The van der Waals surface area contributed by atoms with E-state index in [-0.39, 0.29) is 106 Å². The standard InChI is InChI=1S/C31H29ClFN5O4.C30H28F2N6O4/c1-5-23(40)36-11-12-37-18(14-36)15-42-29-25-21(13-19(26(29)33)24-20(32)7-6-8-22(24)39)38(31(41)35-30(25)37)28-17(4)9-10-34-27(28)16(2)3;1-5-20(40)36-11-12-37-17(13-36)14-42-29-22-27(23(32)25(34-29)21-18(31)7-6-8-19(21)39)38(30(41)35-28(22)37)26-16(4)9-10-33-24(26)15(2)3/h5-10,13,16,18,39H,1,11-12,14-15H2,2-4H3;5-10,15,17,39H,1,11-14H2,2-4H3. The highest BCUT2D eigenvalue weighted by atomic mass is 35.5. The van der Waals surface area contributed by atoms with Gasteiger partial charge in [-0.25, -0.2) is 27.7 Å². The molecule has 432 valence electrons. The molecule has 9 heterocycles. The molecular formula is C61H57ClF3N11O8. The van der Waals surface area contributed by atoms with Crippen LogP contribution in [0.1, 0.15) is 62.0 Å². The Bertz CT molecular complexity index is 4110. The number of anilines is 2. The Labute approximate surface area is 484 Å². The van der Waals surface area contributed by atoms with Gasteiger partial charge in [-0.15, -0.1) is 0 Å². The number of benzene rings is 3. The number of amides is 2. The molecule has 2 saturated heterocycles. The maximum atomic E-state index is 16.9. The van der Waals surface area contributed by atoms with Crippen LogP contribution in [0.4, 0.5) is 24.8 Å². The second-order valence-corrected chi connectivity index (χ2v) is 21.9. The summed E-state index contributed by atoms with van der Waals surface area (Å²) in [6.45, 7) is 20.5. The summed E-state index contributed by atoms with van der Waals surface area (Å²) in [6, 6.07) is 12.3. The Hall–Kier alpha value is -9.31. The van der Waals surface area contributed by atoms with Gasteiger partial charge in [-0.2, -0.15) is 9.97 Å². The van der Waals surface area contributed by atoms with Crippen LogP contribution in [0.5, 0.6) is 23.1 Å². The minimum Gasteiger partial charge on any atom is -0.507 e. The number of aryl methyl sites for hydroxylation is 2. The van der Waals surface area contributed by atoms with E-state index in [2.05, 4.69) is 38.1 Å². The molecule has 2 unspecified atom stereocenters. The van der Waals surface area contributed by atoms with Gasteiger partial charge >= 0.3 is 11.4 Å². The van der Waals surface area contributed by atoms with Crippen molar-refractivity contribution >= 4 is 56.9 Å². The molecule has 4 aliphatic rings. The molecule has 0 spiro atoms. The number of aromatic hydroxyl groups is 2. The summed E-state index contributed by atoms with van der Waals surface area (Å²) in [6.07, 6.45) is 5.78. The summed E-state index contributed by atoms with van der Waals surface area (Å²) in [5.74, 6) is -3.85. The highest BCUT2D eigenvalue weighted by Gasteiger charge is 2.40. The molecule has 5 aromatic heterocycles. The van der Waals surface area contributed by atoms with Gasteiger partial charge in [-0.05, 0) is 91.4 Å².